The fourth-order valence-electron chi connectivity index (χ4n) is 5.30. The van der Waals surface area contributed by atoms with Crippen molar-refractivity contribution in [3.05, 3.63) is 110 Å². The van der Waals surface area contributed by atoms with Crippen LogP contribution in [0.25, 0.3) is 43.9 Å². The zero-order valence-electron chi connectivity index (χ0n) is 21.6. The van der Waals surface area contributed by atoms with Crippen molar-refractivity contribution in [1.29, 1.82) is 0 Å². The molecule has 194 valence electrons. The van der Waals surface area contributed by atoms with Gasteiger partial charge in [0.25, 0.3) is 0 Å². The molecule has 0 bridgehead atoms. The van der Waals surface area contributed by atoms with Crippen LogP contribution >= 0.6 is 0 Å². The summed E-state index contributed by atoms with van der Waals surface area (Å²) in [7, 11) is 2.04. The molecule has 0 amide bonds. The fraction of sp³-hybridized carbons (Fsp3) is 0.0606. The predicted molar refractivity (Wildman–Crippen MR) is 156 cm³/mol. The number of benzene rings is 4. The van der Waals surface area contributed by atoms with Gasteiger partial charge in [-0.25, -0.2) is 4.98 Å². The van der Waals surface area contributed by atoms with E-state index in [4.69, 9.17) is 18.3 Å². The molecule has 7 nitrogen and oxygen atoms in total. The van der Waals surface area contributed by atoms with Gasteiger partial charge in [0.2, 0.25) is 5.88 Å². The Bertz CT molecular complexity index is 2080. The van der Waals surface area contributed by atoms with E-state index in [0.29, 0.717) is 35.4 Å². The van der Waals surface area contributed by atoms with Crippen LogP contribution in [-0.2, 0) is 0 Å². The summed E-state index contributed by atoms with van der Waals surface area (Å²) in [6, 6.07) is 29.4. The Morgan fingerprint density at radius 1 is 0.675 bits per heavy atom. The van der Waals surface area contributed by atoms with Crippen molar-refractivity contribution in [3.8, 4) is 23.1 Å². The van der Waals surface area contributed by atoms with Gasteiger partial charge in [0.05, 0.1) is 12.4 Å². The van der Waals surface area contributed by atoms with Gasteiger partial charge < -0.3 is 28.1 Å². The number of ether oxygens (including phenoxy) is 2. The molecule has 0 unspecified atom stereocenters. The number of pyridine rings is 1. The third kappa shape index (κ3) is 3.71. The number of fused-ring (bicyclic) bond motifs is 6. The minimum Gasteiger partial charge on any atom is -0.457 e. The van der Waals surface area contributed by atoms with Crippen LogP contribution < -0.4 is 14.4 Å². The topological polar surface area (TPSA) is 64.1 Å². The number of hydrogen-bond acceptors (Lipinski definition) is 7. The second-order valence-corrected chi connectivity index (χ2v) is 9.85. The SMILES string of the molecule is CN1C=CN(c2cc(Oc3cc(Oc4ccccn4)c4oc5ccccc5c4c3)cc3c2oc2ccccc23)C1. The Morgan fingerprint density at radius 3 is 2.05 bits per heavy atom. The number of para-hydroxylation sites is 2. The van der Waals surface area contributed by atoms with E-state index in [-0.39, 0.29) is 0 Å². The van der Waals surface area contributed by atoms with E-state index in [2.05, 4.69) is 20.9 Å². The van der Waals surface area contributed by atoms with E-state index in [1.54, 1.807) is 6.20 Å². The number of hydrogen-bond donors (Lipinski definition) is 0. The maximum absolute atomic E-state index is 6.59. The molecule has 0 fully saturated rings. The third-order valence-corrected chi connectivity index (χ3v) is 7.12. The van der Waals surface area contributed by atoms with Gasteiger partial charge in [0.1, 0.15) is 22.7 Å². The number of furan rings is 2. The van der Waals surface area contributed by atoms with E-state index in [1.165, 1.54) is 0 Å². The molecule has 0 radical (unpaired) electrons. The molecule has 1 aliphatic heterocycles. The number of anilines is 1. The van der Waals surface area contributed by atoms with E-state index in [0.717, 1.165) is 44.0 Å². The minimum absolute atomic E-state index is 0.472. The molecule has 4 aromatic carbocycles. The van der Waals surface area contributed by atoms with Crippen LogP contribution in [0.1, 0.15) is 0 Å². The molecular weight excluding hydrogens is 502 g/mol. The van der Waals surface area contributed by atoms with Crippen LogP contribution in [-0.4, -0.2) is 23.6 Å². The lowest BCUT2D eigenvalue weighted by atomic mass is 10.1. The maximum Gasteiger partial charge on any atom is 0.219 e. The van der Waals surface area contributed by atoms with Gasteiger partial charge in [-0.2, -0.15) is 0 Å². The molecule has 3 aromatic heterocycles. The highest BCUT2D eigenvalue weighted by molar-refractivity contribution is 6.10. The van der Waals surface area contributed by atoms with Crippen LogP contribution in [0.15, 0.2) is 118 Å². The first-order chi connectivity index (χ1) is 19.7. The summed E-state index contributed by atoms with van der Waals surface area (Å²) in [6.45, 7) is 0.713. The average molecular weight is 526 g/mol. The van der Waals surface area contributed by atoms with Crippen LogP contribution in [0.3, 0.4) is 0 Å². The molecule has 0 saturated carbocycles. The van der Waals surface area contributed by atoms with Gasteiger partial charge >= 0.3 is 0 Å². The Labute approximate surface area is 229 Å². The maximum atomic E-state index is 6.59. The molecule has 0 atom stereocenters. The minimum atomic E-state index is 0.472. The van der Waals surface area contributed by atoms with Gasteiger partial charge in [-0.1, -0.05) is 42.5 Å². The second-order valence-electron chi connectivity index (χ2n) is 9.85. The van der Waals surface area contributed by atoms with Gasteiger partial charge in [0.15, 0.2) is 16.9 Å². The van der Waals surface area contributed by atoms with Crippen molar-refractivity contribution < 1.29 is 18.3 Å². The number of rotatable bonds is 5. The van der Waals surface area contributed by atoms with Crippen molar-refractivity contribution in [3.63, 3.8) is 0 Å². The molecule has 8 rings (SSSR count). The molecule has 7 heteroatoms. The summed E-state index contributed by atoms with van der Waals surface area (Å²) in [5, 5.41) is 3.91. The summed E-state index contributed by atoms with van der Waals surface area (Å²) in [5.74, 6) is 2.31. The quantitative estimate of drug-likeness (QED) is 0.223. The summed E-state index contributed by atoms with van der Waals surface area (Å²) in [5.41, 5.74) is 4.01. The Kier molecular flexibility index (Phi) is 4.97. The monoisotopic (exact) mass is 525 g/mol. The zero-order chi connectivity index (χ0) is 26.6. The van der Waals surface area contributed by atoms with Gasteiger partial charge in [-0.05, 0) is 30.3 Å². The number of aromatic nitrogens is 1. The van der Waals surface area contributed by atoms with Gasteiger partial charge in [-0.3, -0.25) is 0 Å². The van der Waals surface area contributed by atoms with Crippen LogP contribution in [0.2, 0.25) is 0 Å². The van der Waals surface area contributed by atoms with Crippen molar-refractivity contribution in [2.75, 3.05) is 18.6 Å². The van der Waals surface area contributed by atoms with E-state index in [9.17, 15) is 0 Å². The standard InChI is InChI=1S/C33H23N3O4/c1-35-14-15-36(20-35)27-18-21(16-25-23-8-2-4-10-28(23)39-32(25)27)37-22-17-26-24-9-3-5-11-29(24)40-33(26)30(19-22)38-31-12-6-7-13-34-31/h2-19H,20H2,1H3. The van der Waals surface area contributed by atoms with Crippen LogP contribution in [0, 0.1) is 0 Å². The lowest BCUT2D eigenvalue weighted by Gasteiger charge is -2.19. The highest BCUT2D eigenvalue weighted by atomic mass is 16.5. The summed E-state index contributed by atoms with van der Waals surface area (Å²) in [4.78, 5) is 8.60. The molecule has 0 spiro atoms. The lowest BCUT2D eigenvalue weighted by Crippen LogP contribution is -2.21. The van der Waals surface area contributed by atoms with Gasteiger partial charge in [0, 0.05) is 65.4 Å². The van der Waals surface area contributed by atoms with Crippen molar-refractivity contribution >= 4 is 49.6 Å². The Morgan fingerprint density at radius 2 is 1.35 bits per heavy atom. The lowest BCUT2D eigenvalue weighted by molar-refractivity contribution is 0.446. The molecule has 40 heavy (non-hydrogen) atoms. The van der Waals surface area contributed by atoms with Crippen LogP contribution in [0.5, 0.6) is 23.1 Å². The molecule has 7 aromatic rings. The Hall–Kier alpha value is -5.43. The van der Waals surface area contributed by atoms with Crippen molar-refractivity contribution in [1.82, 2.24) is 9.88 Å². The van der Waals surface area contributed by atoms with Gasteiger partial charge in [-0.15, -0.1) is 0 Å². The highest BCUT2D eigenvalue weighted by Gasteiger charge is 2.21. The van der Waals surface area contributed by atoms with E-state index >= 15 is 0 Å². The largest absolute Gasteiger partial charge is 0.457 e. The molecule has 0 aliphatic carbocycles. The molecule has 4 heterocycles. The predicted octanol–water partition coefficient (Wildman–Crippen LogP) is 8.65. The Balaban J connectivity index is 1.29. The molecule has 1 aliphatic rings. The summed E-state index contributed by atoms with van der Waals surface area (Å²) < 4.78 is 25.3. The highest BCUT2D eigenvalue weighted by Crippen LogP contribution is 2.43. The van der Waals surface area contributed by atoms with Crippen molar-refractivity contribution in [2.24, 2.45) is 0 Å². The van der Waals surface area contributed by atoms with Crippen LogP contribution in [0.4, 0.5) is 5.69 Å². The fourth-order valence-corrected chi connectivity index (χ4v) is 5.30. The average Bonchev–Trinajstić information content (AvgIpc) is 3.69. The second kappa shape index (κ2) is 8.81. The normalized spacial score (nSPS) is 13.3. The number of nitrogens with zero attached hydrogens (tertiary/aromatic N) is 3. The zero-order valence-corrected chi connectivity index (χ0v) is 21.6. The first kappa shape index (κ1) is 22.5. The first-order valence-electron chi connectivity index (χ1n) is 13.0. The van der Waals surface area contributed by atoms with Crippen molar-refractivity contribution in [2.45, 2.75) is 0 Å². The van der Waals surface area contributed by atoms with E-state index < -0.39 is 0 Å². The molecule has 0 saturated heterocycles. The third-order valence-electron chi connectivity index (χ3n) is 7.12. The summed E-state index contributed by atoms with van der Waals surface area (Å²) in [6.07, 6.45) is 5.79. The smallest absolute Gasteiger partial charge is 0.219 e. The summed E-state index contributed by atoms with van der Waals surface area (Å²) >= 11 is 0. The molecular formula is C33H23N3O4. The molecule has 0 N–H and O–H groups in total. The first-order valence-corrected chi connectivity index (χ1v) is 13.0. The van der Waals surface area contributed by atoms with E-state index in [1.807, 2.05) is 104 Å².